The molecule has 26 heavy (non-hydrogen) atoms. The molecule has 0 saturated carbocycles. The van der Waals surface area contributed by atoms with Crippen LogP contribution < -0.4 is 0 Å². The summed E-state index contributed by atoms with van der Waals surface area (Å²) in [6, 6.07) is 16.3. The first kappa shape index (κ1) is 17.0. The summed E-state index contributed by atoms with van der Waals surface area (Å²) in [5.74, 6) is -0.299. The summed E-state index contributed by atoms with van der Waals surface area (Å²) in [4.78, 5) is 28.6. The fraction of sp³-hybridized carbons (Fsp3) is 0.364. The fourth-order valence-corrected chi connectivity index (χ4v) is 4.22. The minimum Gasteiger partial charge on any atom is -0.299 e. The number of unbranched alkanes of at least 4 members (excludes halogenated alkanes) is 1. The Labute approximate surface area is 154 Å². The molecule has 2 aromatic rings. The van der Waals surface area contributed by atoms with Gasteiger partial charge in [0.1, 0.15) is 0 Å². The lowest BCUT2D eigenvalue weighted by Crippen LogP contribution is -2.31. The van der Waals surface area contributed by atoms with Crippen LogP contribution in [0, 0.1) is 0 Å². The third kappa shape index (κ3) is 2.95. The van der Waals surface area contributed by atoms with E-state index < -0.39 is 0 Å². The molecular formula is C22H24N2O2. The van der Waals surface area contributed by atoms with Crippen LogP contribution in [-0.2, 0) is 6.42 Å². The lowest BCUT2D eigenvalue weighted by molar-refractivity contribution is 0.0650. The highest BCUT2D eigenvalue weighted by Gasteiger charge is 2.34. The van der Waals surface area contributed by atoms with Crippen molar-refractivity contribution in [1.82, 2.24) is 9.80 Å². The van der Waals surface area contributed by atoms with Gasteiger partial charge < -0.3 is 0 Å². The second-order valence-electron chi connectivity index (χ2n) is 7.25. The molecule has 0 fully saturated rings. The molecule has 4 nitrogen and oxygen atoms in total. The van der Waals surface area contributed by atoms with Crippen molar-refractivity contribution in [3.05, 3.63) is 70.8 Å². The molecule has 1 aliphatic heterocycles. The Morgan fingerprint density at radius 2 is 1.62 bits per heavy atom. The number of fused-ring (bicyclic) bond motifs is 2. The van der Waals surface area contributed by atoms with E-state index in [0.717, 1.165) is 25.8 Å². The van der Waals surface area contributed by atoms with Crippen molar-refractivity contribution in [1.29, 1.82) is 0 Å². The summed E-state index contributed by atoms with van der Waals surface area (Å²) in [7, 11) is 2.18. The first-order valence-electron chi connectivity index (χ1n) is 9.40. The van der Waals surface area contributed by atoms with E-state index >= 15 is 0 Å². The van der Waals surface area contributed by atoms with Crippen LogP contribution in [0.4, 0.5) is 0 Å². The second-order valence-corrected chi connectivity index (χ2v) is 7.25. The zero-order valence-corrected chi connectivity index (χ0v) is 15.1. The van der Waals surface area contributed by atoms with Crippen LogP contribution in [0.15, 0.2) is 48.5 Å². The molecule has 4 rings (SSSR count). The van der Waals surface area contributed by atoms with E-state index in [-0.39, 0.29) is 11.8 Å². The zero-order valence-electron chi connectivity index (χ0n) is 15.1. The Kier molecular flexibility index (Phi) is 4.60. The van der Waals surface area contributed by atoms with Gasteiger partial charge in [-0.25, -0.2) is 0 Å². The summed E-state index contributed by atoms with van der Waals surface area (Å²) >= 11 is 0. The van der Waals surface area contributed by atoms with Crippen molar-refractivity contribution < 1.29 is 9.59 Å². The lowest BCUT2D eigenvalue weighted by Gasteiger charge is -2.25. The fourth-order valence-electron chi connectivity index (χ4n) is 4.22. The number of benzene rings is 2. The largest absolute Gasteiger partial charge is 0.299 e. The second kappa shape index (κ2) is 7.04. The Hall–Kier alpha value is -2.46. The molecule has 2 aliphatic rings. The van der Waals surface area contributed by atoms with E-state index in [2.05, 4.69) is 36.2 Å². The molecule has 2 amide bonds. The molecule has 4 heteroatoms. The van der Waals surface area contributed by atoms with Gasteiger partial charge in [0.2, 0.25) is 0 Å². The number of imide groups is 1. The number of nitrogens with zero attached hydrogens (tertiary/aromatic N) is 2. The zero-order chi connectivity index (χ0) is 18.1. The van der Waals surface area contributed by atoms with Crippen molar-refractivity contribution >= 4 is 11.8 Å². The van der Waals surface area contributed by atoms with Gasteiger partial charge in [0.05, 0.1) is 11.1 Å². The molecule has 1 atom stereocenters. The summed E-state index contributed by atoms with van der Waals surface area (Å²) in [5.41, 5.74) is 4.00. The molecule has 0 radical (unpaired) electrons. The molecule has 0 aromatic heterocycles. The summed E-state index contributed by atoms with van der Waals surface area (Å²) in [6.45, 7) is 1.48. The standard InChI is InChI=1S/C22H24N2O2/c1-23(20-13-12-16-8-2-3-9-17(16)20)14-6-7-15-24-21(25)18-10-4-5-11-19(18)22(24)26/h2-5,8-11,20H,6-7,12-15H2,1H3/t20-/m0/s1. The highest BCUT2D eigenvalue weighted by molar-refractivity contribution is 6.21. The first-order valence-corrected chi connectivity index (χ1v) is 9.40. The molecule has 2 aromatic carbocycles. The van der Waals surface area contributed by atoms with Gasteiger partial charge in [0.25, 0.3) is 11.8 Å². The number of aryl methyl sites for hydroxylation is 1. The van der Waals surface area contributed by atoms with E-state index in [4.69, 9.17) is 0 Å². The average molecular weight is 348 g/mol. The number of carbonyl (C=O) groups is 2. The minimum atomic E-state index is -0.149. The normalized spacial score (nSPS) is 18.5. The summed E-state index contributed by atoms with van der Waals surface area (Å²) in [6.07, 6.45) is 4.14. The molecular weight excluding hydrogens is 324 g/mol. The smallest absolute Gasteiger partial charge is 0.261 e. The molecule has 0 spiro atoms. The quantitative estimate of drug-likeness (QED) is 0.591. The monoisotopic (exact) mass is 348 g/mol. The predicted molar refractivity (Wildman–Crippen MR) is 101 cm³/mol. The van der Waals surface area contributed by atoms with Crippen LogP contribution in [0.25, 0.3) is 0 Å². The molecule has 0 saturated heterocycles. The molecule has 0 N–H and O–H groups in total. The van der Waals surface area contributed by atoms with Crippen LogP contribution in [0.5, 0.6) is 0 Å². The Morgan fingerprint density at radius 3 is 2.35 bits per heavy atom. The third-order valence-electron chi connectivity index (χ3n) is 5.65. The van der Waals surface area contributed by atoms with Crippen molar-refractivity contribution in [2.24, 2.45) is 0 Å². The molecule has 134 valence electrons. The third-order valence-corrected chi connectivity index (χ3v) is 5.65. The van der Waals surface area contributed by atoms with Gasteiger partial charge in [-0.2, -0.15) is 0 Å². The van der Waals surface area contributed by atoms with Gasteiger partial charge in [-0.3, -0.25) is 19.4 Å². The van der Waals surface area contributed by atoms with E-state index in [0.29, 0.717) is 23.7 Å². The predicted octanol–water partition coefficient (Wildman–Crippen LogP) is 3.68. The number of rotatable bonds is 6. The molecule has 0 bridgehead atoms. The first-order chi connectivity index (χ1) is 12.7. The van der Waals surface area contributed by atoms with Gasteiger partial charge in [-0.1, -0.05) is 36.4 Å². The van der Waals surface area contributed by atoms with E-state index in [1.165, 1.54) is 22.4 Å². The van der Waals surface area contributed by atoms with Crippen LogP contribution in [0.3, 0.4) is 0 Å². The highest BCUT2D eigenvalue weighted by Crippen LogP contribution is 2.34. The van der Waals surface area contributed by atoms with E-state index in [9.17, 15) is 9.59 Å². The summed E-state index contributed by atoms with van der Waals surface area (Å²) in [5, 5.41) is 0. The van der Waals surface area contributed by atoms with Crippen molar-refractivity contribution in [3.8, 4) is 0 Å². The molecule has 1 heterocycles. The van der Waals surface area contributed by atoms with Gasteiger partial charge in [-0.15, -0.1) is 0 Å². The Morgan fingerprint density at radius 1 is 0.962 bits per heavy atom. The maximum Gasteiger partial charge on any atom is 0.261 e. The van der Waals surface area contributed by atoms with Crippen LogP contribution in [0.2, 0.25) is 0 Å². The number of amides is 2. The average Bonchev–Trinajstić information content (AvgIpc) is 3.20. The molecule has 1 aliphatic carbocycles. The van der Waals surface area contributed by atoms with Gasteiger partial charge in [0.15, 0.2) is 0 Å². The van der Waals surface area contributed by atoms with Crippen molar-refractivity contribution in [2.75, 3.05) is 20.1 Å². The lowest BCUT2D eigenvalue weighted by atomic mass is 10.1. The number of hydrogen-bond acceptors (Lipinski definition) is 3. The van der Waals surface area contributed by atoms with Crippen LogP contribution >= 0.6 is 0 Å². The summed E-state index contributed by atoms with van der Waals surface area (Å²) < 4.78 is 0. The van der Waals surface area contributed by atoms with Crippen molar-refractivity contribution in [2.45, 2.75) is 31.7 Å². The maximum absolute atomic E-state index is 12.4. The van der Waals surface area contributed by atoms with Crippen molar-refractivity contribution in [3.63, 3.8) is 0 Å². The topological polar surface area (TPSA) is 40.6 Å². The van der Waals surface area contributed by atoms with Gasteiger partial charge in [0, 0.05) is 12.6 Å². The number of hydrogen-bond donors (Lipinski definition) is 0. The van der Waals surface area contributed by atoms with E-state index in [1.807, 2.05) is 12.1 Å². The van der Waals surface area contributed by atoms with E-state index in [1.54, 1.807) is 12.1 Å². The van der Waals surface area contributed by atoms with Crippen LogP contribution in [0.1, 0.15) is 57.1 Å². The molecule has 0 unspecified atom stereocenters. The SMILES string of the molecule is CN(CCCCN1C(=O)c2ccccc2C1=O)[C@H]1CCc2ccccc21. The number of carbonyl (C=O) groups excluding carboxylic acids is 2. The Balaban J connectivity index is 1.29. The Bertz CT molecular complexity index is 811. The van der Waals surface area contributed by atoms with Crippen LogP contribution in [-0.4, -0.2) is 41.8 Å². The van der Waals surface area contributed by atoms with Gasteiger partial charge >= 0.3 is 0 Å². The van der Waals surface area contributed by atoms with Gasteiger partial charge in [-0.05, 0) is 62.5 Å². The highest BCUT2D eigenvalue weighted by atomic mass is 16.2. The maximum atomic E-state index is 12.4. The minimum absolute atomic E-state index is 0.149.